The van der Waals surface area contributed by atoms with Gasteiger partial charge in [0, 0.05) is 32.7 Å². The zero-order valence-corrected chi connectivity index (χ0v) is 17.6. The highest BCUT2D eigenvalue weighted by atomic mass is 32.2. The van der Waals surface area contributed by atoms with Gasteiger partial charge in [-0.25, -0.2) is 8.42 Å². The van der Waals surface area contributed by atoms with Crippen LogP contribution in [0.15, 0.2) is 29.3 Å². The average molecular weight is 397 g/mol. The van der Waals surface area contributed by atoms with Gasteiger partial charge in [0.1, 0.15) is 5.75 Å². The van der Waals surface area contributed by atoms with Crippen LogP contribution in [0.2, 0.25) is 0 Å². The van der Waals surface area contributed by atoms with Crippen molar-refractivity contribution >= 4 is 21.5 Å². The second kappa shape index (κ2) is 8.82. The van der Waals surface area contributed by atoms with E-state index in [9.17, 15) is 13.5 Å². The predicted molar refractivity (Wildman–Crippen MR) is 111 cm³/mol. The lowest BCUT2D eigenvalue weighted by molar-refractivity contribution is 0.370. The van der Waals surface area contributed by atoms with Crippen molar-refractivity contribution in [3.8, 4) is 5.75 Å². The summed E-state index contributed by atoms with van der Waals surface area (Å²) in [5.74, 6) is 1.08. The number of phenolic OH excluding ortho intramolecular Hbond substituents is 1. The number of phenols is 1. The van der Waals surface area contributed by atoms with Crippen LogP contribution in [0.1, 0.15) is 27.7 Å². The van der Waals surface area contributed by atoms with Gasteiger partial charge < -0.3 is 20.2 Å². The molecule has 0 radical (unpaired) electrons. The molecule has 27 heavy (non-hydrogen) atoms. The fourth-order valence-electron chi connectivity index (χ4n) is 2.89. The number of aromatic hydroxyl groups is 1. The van der Waals surface area contributed by atoms with Crippen LogP contribution in [0.25, 0.3) is 0 Å². The van der Waals surface area contributed by atoms with E-state index in [1.807, 2.05) is 25.1 Å². The van der Waals surface area contributed by atoms with E-state index in [0.29, 0.717) is 5.75 Å². The summed E-state index contributed by atoms with van der Waals surface area (Å²) < 4.78 is 23.8. The first-order valence-corrected chi connectivity index (χ1v) is 11.1. The lowest BCUT2D eigenvalue weighted by Gasteiger charge is -2.37. The first kappa shape index (κ1) is 21.3. The highest BCUT2D eigenvalue weighted by Crippen LogP contribution is 2.27. The van der Waals surface area contributed by atoms with Gasteiger partial charge in [-0.15, -0.1) is 0 Å². The number of hydrogen-bond acceptors (Lipinski definition) is 5. The highest BCUT2D eigenvalue weighted by molar-refractivity contribution is 7.92. The molecule has 0 spiro atoms. The van der Waals surface area contributed by atoms with Crippen molar-refractivity contribution in [2.75, 3.05) is 49.9 Å². The molecule has 1 heterocycles. The first-order chi connectivity index (χ1) is 12.7. The van der Waals surface area contributed by atoms with Gasteiger partial charge in [0.25, 0.3) is 0 Å². The Balaban J connectivity index is 1.99. The zero-order chi connectivity index (χ0) is 20.1. The van der Waals surface area contributed by atoms with Gasteiger partial charge >= 0.3 is 0 Å². The summed E-state index contributed by atoms with van der Waals surface area (Å²) in [5, 5.41) is 13.3. The number of nitrogens with one attached hydrogen (secondary N) is 1. The van der Waals surface area contributed by atoms with Gasteiger partial charge in [0.2, 0.25) is 0 Å². The fraction of sp³-hybridized carbons (Fsp3) is 0.632. The van der Waals surface area contributed by atoms with E-state index in [-0.39, 0.29) is 12.3 Å². The standard InChI is InChI=1S/C19H32N4O3S/c1-5-20-18(21-10-15-27(25,26)19(2,3)4)23-13-11-22(12-14-23)16-8-6-7-9-17(16)24/h6-9,24H,5,10-15H2,1-4H3,(H,20,21). The maximum absolute atomic E-state index is 12.3. The van der Waals surface area contributed by atoms with Gasteiger partial charge in [-0.1, -0.05) is 12.1 Å². The number of sulfone groups is 1. The Bertz CT molecular complexity index is 748. The van der Waals surface area contributed by atoms with Crippen LogP contribution in [0.4, 0.5) is 5.69 Å². The van der Waals surface area contributed by atoms with Crippen LogP contribution < -0.4 is 10.2 Å². The number of benzene rings is 1. The number of guanidine groups is 1. The molecule has 152 valence electrons. The first-order valence-electron chi connectivity index (χ1n) is 9.44. The second-order valence-electron chi connectivity index (χ2n) is 7.63. The molecular weight excluding hydrogens is 364 g/mol. The SMILES string of the molecule is CCNC(=NCCS(=O)(=O)C(C)(C)C)N1CCN(c2ccccc2O)CC1. The Morgan fingerprint density at radius 3 is 2.37 bits per heavy atom. The topological polar surface area (TPSA) is 85.2 Å². The predicted octanol–water partition coefficient (Wildman–Crippen LogP) is 1.69. The molecule has 0 aliphatic carbocycles. The summed E-state index contributed by atoms with van der Waals surface area (Å²) in [6.45, 7) is 11.2. The smallest absolute Gasteiger partial charge is 0.194 e. The van der Waals surface area contributed by atoms with Crippen LogP contribution >= 0.6 is 0 Å². The Kier molecular flexibility index (Phi) is 6.97. The molecule has 1 saturated heterocycles. The fourth-order valence-corrected chi connectivity index (χ4v) is 3.84. The molecule has 0 atom stereocenters. The Morgan fingerprint density at radius 2 is 1.81 bits per heavy atom. The molecular formula is C19H32N4O3S. The number of nitrogens with zero attached hydrogens (tertiary/aromatic N) is 3. The molecule has 0 unspecified atom stereocenters. The maximum Gasteiger partial charge on any atom is 0.194 e. The summed E-state index contributed by atoms with van der Waals surface area (Å²) in [6, 6.07) is 7.35. The Morgan fingerprint density at radius 1 is 1.19 bits per heavy atom. The highest BCUT2D eigenvalue weighted by Gasteiger charge is 2.28. The zero-order valence-electron chi connectivity index (χ0n) is 16.8. The minimum atomic E-state index is -3.18. The monoisotopic (exact) mass is 396 g/mol. The van der Waals surface area contributed by atoms with E-state index in [4.69, 9.17) is 0 Å². The van der Waals surface area contributed by atoms with E-state index < -0.39 is 14.6 Å². The van der Waals surface area contributed by atoms with Crippen molar-refractivity contribution in [3.05, 3.63) is 24.3 Å². The lowest BCUT2D eigenvalue weighted by atomic mass is 10.2. The largest absolute Gasteiger partial charge is 0.506 e. The van der Waals surface area contributed by atoms with Gasteiger partial charge in [-0.2, -0.15) is 0 Å². The number of anilines is 1. The summed E-state index contributed by atoms with van der Waals surface area (Å²) >= 11 is 0. The van der Waals surface area contributed by atoms with E-state index in [1.165, 1.54) is 0 Å². The molecule has 0 aromatic heterocycles. The Labute approximate surface area is 163 Å². The van der Waals surface area contributed by atoms with Crippen LogP contribution in [-0.4, -0.2) is 74.2 Å². The molecule has 7 nitrogen and oxygen atoms in total. The van der Waals surface area contributed by atoms with Gasteiger partial charge in [-0.3, -0.25) is 4.99 Å². The van der Waals surface area contributed by atoms with Gasteiger partial charge in [-0.05, 0) is 39.8 Å². The number of piperazine rings is 1. The summed E-state index contributed by atoms with van der Waals surface area (Å²) in [7, 11) is -3.18. The Hall–Kier alpha value is -1.96. The van der Waals surface area contributed by atoms with Crippen LogP contribution in [0.5, 0.6) is 5.75 Å². The van der Waals surface area contributed by atoms with E-state index in [0.717, 1.165) is 44.4 Å². The minimum Gasteiger partial charge on any atom is -0.506 e. The normalized spacial score (nSPS) is 16.5. The second-order valence-corrected chi connectivity index (χ2v) is 10.5. The molecule has 1 fully saturated rings. The van der Waals surface area contributed by atoms with Crippen LogP contribution in [-0.2, 0) is 9.84 Å². The lowest BCUT2D eigenvalue weighted by Crippen LogP contribution is -2.52. The van der Waals surface area contributed by atoms with E-state index in [1.54, 1.807) is 26.8 Å². The van der Waals surface area contributed by atoms with Crippen molar-refractivity contribution in [1.29, 1.82) is 0 Å². The number of para-hydroxylation sites is 2. The molecule has 1 aliphatic heterocycles. The molecule has 2 rings (SSSR count). The molecule has 1 aliphatic rings. The van der Waals surface area contributed by atoms with E-state index in [2.05, 4.69) is 20.1 Å². The third-order valence-corrected chi connectivity index (χ3v) is 7.28. The maximum atomic E-state index is 12.3. The van der Waals surface area contributed by atoms with Crippen molar-refractivity contribution in [2.45, 2.75) is 32.4 Å². The van der Waals surface area contributed by atoms with Crippen LogP contribution in [0.3, 0.4) is 0 Å². The van der Waals surface area contributed by atoms with Crippen molar-refractivity contribution in [1.82, 2.24) is 10.2 Å². The molecule has 0 bridgehead atoms. The molecule has 0 saturated carbocycles. The minimum absolute atomic E-state index is 0.0449. The van der Waals surface area contributed by atoms with Crippen molar-refractivity contribution in [3.63, 3.8) is 0 Å². The van der Waals surface area contributed by atoms with Crippen molar-refractivity contribution in [2.24, 2.45) is 4.99 Å². The molecule has 8 heteroatoms. The summed E-state index contributed by atoms with van der Waals surface area (Å²) in [4.78, 5) is 8.83. The number of rotatable bonds is 5. The molecule has 2 N–H and O–H groups in total. The number of aliphatic imine (C=N–C) groups is 1. The van der Waals surface area contributed by atoms with Gasteiger partial charge in [0.15, 0.2) is 15.8 Å². The number of hydrogen-bond donors (Lipinski definition) is 2. The molecule has 1 aromatic carbocycles. The third kappa shape index (κ3) is 5.51. The quantitative estimate of drug-likeness (QED) is 0.582. The van der Waals surface area contributed by atoms with Crippen LogP contribution in [0, 0.1) is 0 Å². The average Bonchev–Trinajstić information content (AvgIpc) is 2.60. The molecule has 0 amide bonds. The molecule has 1 aromatic rings. The summed E-state index contributed by atoms with van der Waals surface area (Å²) in [6.07, 6.45) is 0. The summed E-state index contributed by atoms with van der Waals surface area (Å²) in [5.41, 5.74) is 0.843. The van der Waals surface area contributed by atoms with Crippen molar-refractivity contribution < 1.29 is 13.5 Å². The third-order valence-electron chi connectivity index (χ3n) is 4.69. The van der Waals surface area contributed by atoms with Gasteiger partial charge in [0.05, 0.1) is 22.7 Å². The van der Waals surface area contributed by atoms with E-state index >= 15 is 0 Å².